The molecule has 0 unspecified atom stereocenters. The Balaban J connectivity index is 1.82. The maximum absolute atomic E-state index is 13.7. The molecule has 1 amide bonds. The van der Waals surface area contributed by atoms with E-state index in [1.165, 1.54) is 38.1 Å². The van der Waals surface area contributed by atoms with E-state index in [2.05, 4.69) is 31.3 Å². The number of nitrogens with zero attached hydrogens (tertiary/aromatic N) is 2. The molecule has 0 fully saturated rings. The third-order valence-corrected chi connectivity index (χ3v) is 7.50. The van der Waals surface area contributed by atoms with Crippen LogP contribution < -0.4 is 14.9 Å². The molecule has 37 heavy (non-hydrogen) atoms. The van der Waals surface area contributed by atoms with Crippen molar-refractivity contribution < 1.29 is 22.7 Å². The summed E-state index contributed by atoms with van der Waals surface area (Å²) in [6.45, 7) is 5.93. The van der Waals surface area contributed by atoms with E-state index in [4.69, 9.17) is 9.47 Å². The molecule has 0 radical (unpaired) electrons. The van der Waals surface area contributed by atoms with Gasteiger partial charge >= 0.3 is 0 Å². The molecule has 9 heteroatoms. The molecule has 196 valence electrons. The summed E-state index contributed by atoms with van der Waals surface area (Å²) < 4.78 is 39.0. The van der Waals surface area contributed by atoms with Crippen LogP contribution in [0.25, 0.3) is 0 Å². The number of nitrogens with one attached hydrogen (secondary N) is 1. The lowest BCUT2D eigenvalue weighted by molar-refractivity contribution is -0.121. The van der Waals surface area contributed by atoms with Gasteiger partial charge in [-0.25, -0.2) is 13.8 Å². The fourth-order valence-corrected chi connectivity index (χ4v) is 5.14. The zero-order valence-corrected chi connectivity index (χ0v) is 22.6. The summed E-state index contributed by atoms with van der Waals surface area (Å²) in [7, 11) is -1.32. The van der Waals surface area contributed by atoms with Crippen LogP contribution in [-0.2, 0) is 26.8 Å². The minimum absolute atomic E-state index is 0.0189. The largest absolute Gasteiger partial charge is 0.497 e. The summed E-state index contributed by atoms with van der Waals surface area (Å²) in [6, 6.07) is 21.4. The first-order valence-electron chi connectivity index (χ1n) is 11.7. The molecular formula is C28H33N3O5S. The van der Waals surface area contributed by atoms with Crippen LogP contribution in [0.4, 0.5) is 0 Å². The van der Waals surface area contributed by atoms with Crippen molar-refractivity contribution >= 4 is 22.1 Å². The quantitative estimate of drug-likeness (QED) is 0.315. The number of methoxy groups -OCH3 is 2. The molecule has 0 aliphatic rings. The second kappa shape index (κ2) is 12.0. The Morgan fingerprint density at radius 1 is 0.973 bits per heavy atom. The standard InChI is InChI=1S/C28H33N3O5S/c1-28(2,3)23-13-11-21(12-14-23)18-29-30-27(32)20-31(19-22-9-7-6-8-10-22)37(33,34)26-17-24(35-4)15-16-25(26)36-5/h6-18H,19-20H2,1-5H3,(H,30,32)/b29-18+. The van der Waals surface area contributed by atoms with E-state index in [9.17, 15) is 13.2 Å². The predicted molar refractivity (Wildman–Crippen MR) is 144 cm³/mol. The fraction of sp³-hybridized carbons (Fsp3) is 0.286. The summed E-state index contributed by atoms with van der Waals surface area (Å²) in [5, 5.41) is 4.02. The van der Waals surface area contributed by atoms with Gasteiger partial charge < -0.3 is 9.47 Å². The Hall–Kier alpha value is -3.69. The molecule has 0 atom stereocenters. The van der Waals surface area contributed by atoms with Crippen LogP contribution in [0, 0.1) is 0 Å². The Kier molecular flexibility index (Phi) is 9.07. The van der Waals surface area contributed by atoms with Gasteiger partial charge in [0.2, 0.25) is 10.0 Å². The number of sulfonamides is 1. The number of ether oxygens (including phenoxy) is 2. The van der Waals surface area contributed by atoms with Gasteiger partial charge in [0.15, 0.2) is 0 Å². The highest BCUT2D eigenvalue weighted by atomic mass is 32.2. The number of hydrazone groups is 1. The monoisotopic (exact) mass is 523 g/mol. The number of hydrogen-bond donors (Lipinski definition) is 1. The maximum atomic E-state index is 13.7. The van der Waals surface area contributed by atoms with E-state index >= 15 is 0 Å². The number of hydrogen-bond acceptors (Lipinski definition) is 6. The lowest BCUT2D eigenvalue weighted by Crippen LogP contribution is -2.39. The molecule has 8 nitrogen and oxygen atoms in total. The zero-order valence-electron chi connectivity index (χ0n) is 21.8. The molecule has 3 rings (SSSR count). The molecule has 0 saturated carbocycles. The number of carbonyl (C=O) groups is 1. The summed E-state index contributed by atoms with van der Waals surface area (Å²) in [4.78, 5) is 12.7. The van der Waals surface area contributed by atoms with E-state index < -0.39 is 22.5 Å². The normalized spacial score (nSPS) is 12.1. The highest BCUT2D eigenvalue weighted by Crippen LogP contribution is 2.31. The summed E-state index contributed by atoms with van der Waals surface area (Å²) >= 11 is 0. The van der Waals surface area contributed by atoms with Crippen molar-refractivity contribution in [3.8, 4) is 11.5 Å². The first-order valence-corrected chi connectivity index (χ1v) is 13.2. The van der Waals surface area contributed by atoms with E-state index in [-0.39, 0.29) is 22.6 Å². The number of carbonyl (C=O) groups excluding carboxylic acids is 1. The van der Waals surface area contributed by atoms with Crippen LogP contribution in [0.1, 0.15) is 37.5 Å². The Labute approximate surface area is 219 Å². The first-order chi connectivity index (χ1) is 17.5. The minimum atomic E-state index is -4.15. The minimum Gasteiger partial charge on any atom is -0.497 e. The summed E-state index contributed by atoms with van der Waals surface area (Å²) in [6.07, 6.45) is 1.52. The third-order valence-electron chi connectivity index (χ3n) is 5.69. The van der Waals surface area contributed by atoms with Gasteiger partial charge in [0, 0.05) is 12.6 Å². The van der Waals surface area contributed by atoms with Gasteiger partial charge in [-0.15, -0.1) is 0 Å². The van der Waals surface area contributed by atoms with Crippen LogP contribution in [0.3, 0.4) is 0 Å². The van der Waals surface area contributed by atoms with Crippen molar-refractivity contribution in [3.63, 3.8) is 0 Å². The predicted octanol–water partition coefficient (Wildman–Crippen LogP) is 4.34. The second-order valence-corrected chi connectivity index (χ2v) is 11.3. The Bertz CT molecular complexity index is 1330. The van der Waals surface area contributed by atoms with E-state index in [1.54, 1.807) is 18.2 Å². The van der Waals surface area contributed by atoms with Gasteiger partial charge in [0.1, 0.15) is 16.4 Å². The van der Waals surface area contributed by atoms with Crippen molar-refractivity contribution in [1.29, 1.82) is 0 Å². The topological polar surface area (TPSA) is 97.3 Å². The molecule has 0 aliphatic carbocycles. The van der Waals surface area contributed by atoms with Crippen LogP contribution in [0.5, 0.6) is 11.5 Å². The first kappa shape index (κ1) is 27.9. The van der Waals surface area contributed by atoms with E-state index in [0.29, 0.717) is 5.75 Å². The van der Waals surface area contributed by atoms with Crippen LogP contribution in [-0.4, -0.2) is 45.6 Å². The van der Waals surface area contributed by atoms with Crippen molar-refractivity contribution in [1.82, 2.24) is 9.73 Å². The Morgan fingerprint density at radius 2 is 1.65 bits per heavy atom. The molecule has 0 aromatic heterocycles. The molecule has 0 saturated heterocycles. The molecule has 3 aromatic carbocycles. The lowest BCUT2D eigenvalue weighted by Gasteiger charge is -2.23. The molecular weight excluding hydrogens is 490 g/mol. The van der Waals surface area contributed by atoms with Crippen molar-refractivity contribution in [2.45, 2.75) is 37.6 Å². The Morgan fingerprint density at radius 3 is 2.24 bits per heavy atom. The van der Waals surface area contributed by atoms with Crippen molar-refractivity contribution in [2.24, 2.45) is 5.10 Å². The zero-order chi connectivity index (χ0) is 27.1. The van der Waals surface area contributed by atoms with Crippen LogP contribution in [0.15, 0.2) is 82.8 Å². The van der Waals surface area contributed by atoms with E-state index in [1.807, 2.05) is 42.5 Å². The highest BCUT2D eigenvalue weighted by molar-refractivity contribution is 7.89. The highest BCUT2D eigenvalue weighted by Gasteiger charge is 2.30. The summed E-state index contributed by atoms with van der Waals surface area (Å²) in [5.74, 6) is -0.0782. The molecule has 0 heterocycles. The van der Waals surface area contributed by atoms with Gasteiger partial charge in [-0.1, -0.05) is 75.4 Å². The van der Waals surface area contributed by atoms with Gasteiger partial charge in [-0.3, -0.25) is 4.79 Å². The van der Waals surface area contributed by atoms with Crippen LogP contribution >= 0.6 is 0 Å². The maximum Gasteiger partial charge on any atom is 0.255 e. The van der Waals surface area contributed by atoms with Gasteiger partial charge in [0.25, 0.3) is 5.91 Å². The van der Waals surface area contributed by atoms with E-state index in [0.717, 1.165) is 15.4 Å². The molecule has 3 aromatic rings. The average Bonchev–Trinajstić information content (AvgIpc) is 2.88. The molecule has 0 aliphatic heterocycles. The van der Waals surface area contributed by atoms with Gasteiger partial charge in [-0.05, 0) is 34.2 Å². The van der Waals surface area contributed by atoms with Gasteiger partial charge in [-0.2, -0.15) is 9.41 Å². The molecule has 1 N–H and O–H groups in total. The number of rotatable bonds is 10. The lowest BCUT2D eigenvalue weighted by atomic mass is 9.87. The van der Waals surface area contributed by atoms with Crippen molar-refractivity contribution in [3.05, 3.63) is 89.5 Å². The SMILES string of the molecule is COc1ccc(OC)c(S(=O)(=O)N(CC(=O)N/N=C/c2ccc(C(C)(C)C)cc2)Cc2ccccc2)c1. The average molecular weight is 524 g/mol. The summed E-state index contributed by atoms with van der Waals surface area (Å²) in [5.41, 5.74) is 5.18. The smallest absolute Gasteiger partial charge is 0.255 e. The van der Waals surface area contributed by atoms with Crippen molar-refractivity contribution in [2.75, 3.05) is 20.8 Å². The second-order valence-electron chi connectivity index (χ2n) is 9.44. The number of benzene rings is 3. The molecule has 0 bridgehead atoms. The molecule has 0 spiro atoms. The number of amides is 1. The van der Waals surface area contributed by atoms with Gasteiger partial charge in [0.05, 0.1) is 27.0 Å². The third kappa shape index (κ3) is 7.41. The van der Waals surface area contributed by atoms with Crippen LogP contribution in [0.2, 0.25) is 0 Å². The fourth-order valence-electron chi connectivity index (χ4n) is 3.58.